The second kappa shape index (κ2) is 60.9. The molecule has 0 aliphatic carbocycles. The SMILES string of the molecule is CCCCCCCCC/C=C\CCCCCCCC(=O)OCCCCCCCCCCCCCCCCCCCCCCCCCC(=O)NC(CO)C(O)/C=C/CCCCCCCCCCCCCCC. The summed E-state index contributed by atoms with van der Waals surface area (Å²) in [6, 6.07) is -0.627. The van der Waals surface area contributed by atoms with Crippen molar-refractivity contribution in [2.24, 2.45) is 0 Å². The van der Waals surface area contributed by atoms with Crippen molar-refractivity contribution in [2.75, 3.05) is 13.2 Å². The predicted octanol–water partition coefficient (Wildman–Crippen LogP) is 20.2. The molecule has 0 bridgehead atoms. The van der Waals surface area contributed by atoms with Crippen molar-refractivity contribution < 1.29 is 24.5 Å². The highest BCUT2D eigenvalue weighted by molar-refractivity contribution is 5.76. The first-order chi connectivity index (χ1) is 35.0. The van der Waals surface area contributed by atoms with Crippen LogP contribution in [0.15, 0.2) is 24.3 Å². The number of ether oxygens (including phenoxy) is 1. The average Bonchev–Trinajstić information content (AvgIpc) is 3.37. The van der Waals surface area contributed by atoms with Gasteiger partial charge in [-0.3, -0.25) is 9.59 Å². The average molecular weight is 1000 g/mol. The molecular weight excluding hydrogens is 875 g/mol. The van der Waals surface area contributed by atoms with Gasteiger partial charge in [-0.2, -0.15) is 0 Å². The Labute approximate surface area is 443 Å². The summed E-state index contributed by atoms with van der Waals surface area (Å²) in [5, 5.41) is 23.1. The molecule has 0 saturated carbocycles. The molecule has 2 atom stereocenters. The van der Waals surface area contributed by atoms with Gasteiger partial charge in [-0.05, 0) is 57.8 Å². The van der Waals surface area contributed by atoms with Crippen molar-refractivity contribution in [2.45, 2.75) is 366 Å². The van der Waals surface area contributed by atoms with E-state index in [1.54, 1.807) is 6.08 Å². The Hall–Kier alpha value is -1.66. The Kier molecular flexibility index (Phi) is 59.5. The van der Waals surface area contributed by atoms with E-state index in [1.807, 2.05) is 6.08 Å². The van der Waals surface area contributed by atoms with Crippen LogP contribution in [0.1, 0.15) is 354 Å². The molecule has 0 aromatic heterocycles. The number of esters is 1. The Balaban J connectivity index is 3.38. The summed E-state index contributed by atoms with van der Waals surface area (Å²) < 4.78 is 5.49. The van der Waals surface area contributed by atoms with Crippen LogP contribution >= 0.6 is 0 Å². The zero-order valence-electron chi connectivity index (χ0n) is 48.0. The van der Waals surface area contributed by atoms with Gasteiger partial charge >= 0.3 is 5.97 Å². The first-order valence-corrected chi connectivity index (χ1v) is 32.1. The Bertz CT molecular complexity index is 1110. The number of nitrogens with one attached hydrogen (secondary N) is 1. The van der Waals surface area contributed by atoms with Crippen molar-refractivity contribution in [3.63, 3.8) is 0 Å². The molecule has 0 aromatic carbocycles. The largest absolute Gasteiger partial charge is 0.466 e. The molecule has 71 heavy (non-hydrogen) atoms. The minimum Gasteiger partial charge on any atom is -0.466 e. The van der Waals surface area contributed by atoms with E-state index in [2.05, 4.69) is 31.3 Å². The number of unbranched alkanes of at least 4 members (excludes halogenated alkanes) is 47. The molecule has 2 unspecified atom stereocenters. The topological polar surface area (TPSA) is 95.9 Å². The highest BCUT2D eigenvalue weighted by atomic mass is 16.5. The van der Waals surface area contributed by atoms with Crippen LogP contribution in [0.5, 0.6) is 0 Å². The Morgan fingerprint density at radius 1 is 0.380 bits per heavy atom. The van der Waals surface area contributed by atoms with Crippen LogP contribution in [0.25, 0.3) is 0 Å². The molecule has 0 aromatic rings. The molecule has 0 saturated heterocycles. The molecule has 6 nitrogen and oxygen atoms in total. The Morgan fingerprint density at radius 2 is 0.662 bits per heavy atom. The van der Waals surface area contributed by atoms with Crippen LogP contribution in [0, 0.1) is 0 Å². The fourth-order valence-corrected chi connectivity index (χ4v) is 10.0. The number of amides is 1. The van der Waals surface area contributed by atoms with Crippen molar-refractivity contribution >= 4 is 11.9 Å². The van der Waals surface area contributed by atoms with Crippen LogP contribution < -0.4 is 5.32 Å². The molecule has 0 aliphatic heterocycles. The second-order valence-electron chi connectivity index (χ2n) is 22.1. The lowest BCUT2D eigenvalue weighted by atomic mass is 10.0. The zero-order chi connectivity index (χ0) is 51.4. The van der Waals surface area contributed by atoms with E-state index in [9.17, 15) is 19.8 Å². The maximum atomic E-state index is 12.5. The molecule has 0 spiro atoms. The number of carbonyl (C=O) groups excluding carboxylic acids is 2. The van der Waals surface area contributed by atoms with Crippen LogP contribution in [-0.4, -0.2) is 47.4 Å². The van der Waals surface area contributed by atoms with Crippen molar-refractivity contribution in [3.8, 4) is 0 Å². The highest BCUT2D eigenvalue weighted by Crippen LogP contribution is 2.18. The number of aliphatic hydroxyl groups is 2. The van der Waals surface area contributed by atoms with E-state index in [4.69, 9.17) is 4.74 Å². The summed E-state index contributed by atoms with van der Waals surface area (Å²) in [6.07, 6.45) is 75.1. The van der Waals surface area contributed by atoms with Gasteiger partial charge in [0.2, 0.25) is 5.91 Å². The zero-order valence-corrected chi connectivity index (χ0v) is 48.0. The summed E-state index contributed by atoms with van der Waals surface area (Å²) in [5.41, 5.74) is 0. The number of hydrogen-bond donors (Lipinski definition) is 3. The second-order valence-corrected chi connectivity index (χ2v) is 22.1. The maximum absolute atomic E-state index is 12.5. The van der Waals surface area contributed by atoms with E-state index in [0.717, 1.165) is 44.9 Å². The number of rotatable bonds is 60. The molecule has 6 heteroatoms. The normalized spacial score (nSPS) is 12.7. The lowest BCUT2D eigenvalue weighted by molar-refractivity contribution is -0.143. The molecular formula is C65H125NO5. The van der Waals surface area contributed by atoms with Gasteiger partial charge in [-0.15, -0.1) is 0 Å². The maximum Gasteiger partial charge on any atom is 0.305 e. The molecule has 0 aliphatic rings. The molecule has 420 valence electrons. The molecule has 0 fully saturated rings. The van der Waals surface area contributed by atoms with Gasteiger partial charge < -0.3 is 20.3 Å². The van der Waals surface area contributed by atoms with Crippen LogP contribution in [-0.2, 0) is 14.3 Å². The molecule has 0 radical (unpaired) electrons. The van der Waals surface area contributed by atoms with Crippen LogP contribution in [0.4, 0.5) is 0 Å². The van der Waals surface area contributed by atoms with Crippen molar-refractivity contribution in [1.82, 2.24) is 5.32 Å². The Morgan fingerprint density at radius 3 is 1.00 bits per heavy atom. The van der Waals surface area contributed by atoms with E-state index in [0.29, 0.717) is 19.4 Å². The number of hydrogen-bond acceptors (Lipinski definition) is 5. The van der Waals surface area contributed by atoms with Gasteiger partial charge in [-0.1, -0.05) is 308 Å². The number of carbonyl (C=O) groups is 2. The summed E-state index contributed by atoms with van der Waals surface area (Å²) in [7, 11) is 0. The predicted molar refractivity (Wildman–Crippen MR) is 310 cm³/mol. The third-order valence-electron chi connectivity index (χ3n) is 15.0. The minimum atomic E-state index is -0.844. The van der Waals surface area contributed by atoms with Crippen molar-refractivity contribution in [1.29, 1.82) is 0 Å². The van der Waals surface area contributed by atoms with Gasteiger partial charge in [0.15, 0.2) is 0 Å². The van der Waals surface area contributed by atoms with Crippen molar-refractivity contribution in [3.05, 3.63) is 24.3 Å². The van der Waals surface area contributed by atoms with E-state index in [1.165, 1.54) is 283 Å². The molecule has 1 amide bonds. The van der Waals surface area contributed by atoms with Crippen LogP contribution in [0.3, 0.4) is 0 Å². The molecule has 0 heterocycles. The van der Waals surface area contributed by atoms with E-state index >= 15 is 0 Å². The standard InChI is InChI=1S/C65H125NO5/c1-3-5-7-9-11-13-15-17-19-31-35-39-43-47-51-55-59-65(70)71-60-56-52-48-44-40-36-32-28-26-24-22-20-21-23-25-27-30-34-38-42-46-50-54-58-64(69)66-62(61-67)63(68)57-53-49-45-41-37-33-29-18-16-14-12-10-8-6-4-2/h19,31,53,57,62-63,67-68H,3-18,20-30,32-52,54-56,58-61H2,1-2H3,(H,66,69)/b31-19-,57-53+. The van der Waals surface area contributed by atoms with E-state index < -0.39 is 12.1 Å². The number of allylic oxidation sites excluding steroid dienone is 3. The van der Waals surface area contributed by atoms with Crippen LogP contribution in [0.2, 0.25) is 0 Å². The fourth-order valence-electron chi connectivity index (χ4n) is 10.0. The van der Waals surface area contributed by atoms with E-state index in [-0.39, 0.29) is 18.5 Å². The van der Waals surface area contributed by atoms with Gasteiger partial charge in [0.25, 0.3) is 0 Å². The van der Waals surface area contributed by atoms with Gasteiger partial charge in [0.05, 0.1) is 25.4 Å². The highest BCUT2D eigenvalue weighted by Gasteiger charge is 2.18. The monoisotopic (exact) mass is 1000 g/mol. The minimum absolute atomic E-state index is 0.00693. The summed E-state index contributed by atoms with van der Waals surface area (Å²) in [4.78, 5) is 24.5. The fraction of sp³-hybridized carbons (Fsp3) is 0.908. The van der Waals surface area contributed by atoms with Gasteiger partial charge in [-0.25, -0.2) is 0 Å². The summed E-state index contributed by atoms with van der Waals surface area (Å²) in [5.74, 6) is -0.0587. The van der Waals surface area contributed by atoms with Gasteiger partial charge in [0, 0.05) is 12.8 Å². The smallest absolute Gasteiger partial charge is 0.305 e. The third-order valence-corrected chi connectivity index (χ3v) is 15.0. The lowest BCUT2D eigenvalue weighted by Crippen LogP contribution is -2.45. The molecule has 0 rings (SSSR count). The summed E-state index contributed by atoms with van der Waals surface area (Å²) >= 11 is 0. The first kappa shape index (κ1) is 69.3. The molecule has 3 N–H and O–H groups in total. The third kappa shape index (κ3) is 57.5. The summed E-state index contributed by atoms with van der Waals surface area (Å²) in [6.45, 7) is 4.92. The number of aliphatic hydroxyl groups excluding tert-OH is 2. The first-order valence-electron chi connectivity index (χ1n) is 32.1. The quantitative estimate of drug-likeness (QED) is 0.0320. The lowest BCUT2D eigenvalue weighted by Gasteiger charge is -2.20. The van der Waals surface area contributed by atoms with Gasteiger partial charge in [0.1, 0.15) is 0 Å².